The van der Waals surface area contributed by atoms with E-state index in [4.69, 9.17) is 9.15 Å². The molecule has 0 aliphatic carbocycles. The highest BCUT2D eigenvalue weighted by Crippen LogP contribution is 2.35. The fraction of sp³-hybridized carbons (Fsp3) is 0.192. The fourth-order valence-electron chi connectivity index (χ4n) is 4.40. The van der Waals surface area contributed by atoms with E-state index in [1.807, 2.05) is 24.5 Å². The average Bonchev–Trinajstić information content (AvgIpc) is 3.50. The van der Waals surface area contributed by atoms with Crippen LogP contribution in [0.3, 0.4) is 0 Å². The average molecular weight is 425 g/mol. The second kappa shape index (κ2) is 7.73. The van der Waals surface area contributed by atoms with E-state index in [2.05, 4.69) is 69.6 Å². The molecule has 0 saturated carbocycles. The van der Waals surface area contributed by atoms with Gasteiger partial charge in [-0.15, -0.1) is 0 Å². The van der Waals surface area contributed by atoms with Crippen LogP contribution in [0.25, 0.3) is 33.3 Å². The van der Waals surface area contributed by atoms with Crippen LogP contribution in [0.4, 0.5) is 17.1 Å². The SMILES string of the molecule is Cc1c(Nc2ccnc3cc(-c4ccc(N5CCOCC5)cc4)oc23)ccc2[nH]ccc12. The van der Waals surface area contributed by atoms with Crippen LogP contribution in [0.1, 0.15) is 5.56 Å². The zero-order chi connectivity index (χ0) is 21.5. The molecule has 2 aromatic carbocycles. The van der Waals surface area contributed by atoms with Crippen LogP contribution in [-0.2, 0) is 4.74 Å². The Balaban J connectivity index is 1.32. The van der Waals surface area contributed by atoms with Gasteiger partial charge >= 0.3 is 0 Å². The number of rotatable bonds is 4. The van der Waals surface area contributed by atoms with Gasteiger partial charge in [0.05, 0.1) is 18.9 Å². The van der Waals surface area contributed by atoms with Crippen LogP contribution in [0, 0.1) is 6.92 Å². The molecule has 6 nitrogen and oxygen atoms in total. The summed E-state index contributed by atoms with van der Waals surface area (Å²) in [6.07, 6.45) is 3.78. The summed E-state index contributed by atoms with van der Waals surface area (Å²) in [6, 6.07) is 18.8. The molecule has 32 heavy (non-hydrogen) atoms. The molecule has 1 fully saturated rings. The Kier molecular flexibility index (Phi) is 4.58. The summed E-state index contributed by atoms with van der Waals surface area (Å²) in [7, 11) is 0. The molecule has 0 atom stereocenters. The minimum absolute atomic E-state index is 0.758. The Morgan fingerprint density at radius 1 is 0.969 bits per heavy atom. The lowest BCUT2D eigenvalue weighted by molar-refractivity contribution is 0.122. The highest BCUT2D eigenvalue weighted by atomic mass is 16.5. The summed E-state index contributed by atoms with van der Waals surface area (Å²) in [6.45, 7) is 5.54. The number of morpholine rings is 1. The number of aryl methyl sites for hydroxylation is 1. The Morgan fingerprint density at radius 3 is 2.66 bits per heavy atom. The molecule has 6 heteroatoms. The van der Waals surface area contributed by atoms with E-state index in [-0.39, 0.29) is 0 Å². The Labute approximate surface area is 185 Å². The van der Waals surface area contributed by atoms with Gasteiger partial charge < -0.3 is 24.4 Å². The van der Waals surface area contributed by atoms with E-state index < -0.39 is 0 Å². The van der Waals surface area contributed by atoms with Crippen molar-refractivity contribution in [3.63, 3.8) is 0 Å². The van der Waals surface area contributed by atoms with Crippen molar-refractivity contribution in [1.29, 1.82) is 0 Å². The zero-order valence-corrected chi connectivity index (χ0v) is 17.9. The number of benzene rings is 2. The number of ether oxygens (including phenoxy) is 1. The Morgan fingerprint density at radius 2 is 1.81 bits per heavy atom. The first-order valence-electron chi connectivity index (χ1n) is 10.9. The van der Waals surface area contributed by atoms with Crippen molar-refractivity contribution < 1.29 is 9.15 Å². The second-order valence-corrected chi connectivity index (χ2v) is 8.13. The third-order valence-corrected chi connectivity index (χ3v) is 6.21. The molecule has 0 amide bonds. The van der Waals surface area contributed by atoms with Gasteiger partial charge in [-0.05, 0) is 61.0 Å². The lowest BCUT2D eigenvalue weighted by atomic mass is 10.1. The first-order chi connectivity index (χ1) is 15.8. The van der Waals surface area contributed by atoms with Crippen molar-refractivity contribution in [2.24, 2.45) is 0 Å². The molecule has 0 radical (unpaired) electrons. The number of furan rings is 1. The molecule has 2 N–H and O–H groups in total. The topological polar surface area (TPSA) is 66.3 Å². The van der Waals surface area contributed by atoms with Gasteiger partial charge in [0.1, 0.15) is 11.3 Å². The fourth-order valence-corrected chi connectivity index (χ4v) is 4.40. The minimum Gasteiger partial charge on any atom is -0.452 e. The zero-order valence-electron chi connectivity index (χ0n) is 17.9. The number of hydrogen-bond donors (Lipinski definition) is 2. The van der Waals surface area contributed by atoms with E-state index >= 15 is 0 Å². The van der Waals surface area contributed by atoms with Crippen LogP contribution in [0.15, 0.2) is 71.4 Å². The third-order valence-electron chi connectivity index (χ3n) is 6.21. The van der Waals surface area contributed by atoms with Crippen molar-refractivity contribution >= 4 is 39.1 Å². The molecule has 160 valence electrons. The Hall–Kier alpha value is -3.77. The summed E-state index contributed by atoms with van der Waals surface area (Å²) in [5.41, 5.74) is 8.13. The molecular formula is C26H24N4O2. The van der Waals surface area contributed by atoms with Crippen molar-refractivity contribution in [2.45, 2.75) is 6.92 Å². The molecule has 0 bridgehead atoms. The lowest BCUT2D eigenvalue weighted by Gasteiger charge is -2.28. The Bertz CT molecular complexity index is 1390. The van der Waals surface area contributed by atoms with Gasteiger partial charge in [-0.3, -0.25) is 4.98 Å². The van der Waals surface area contributed by atoms with Gasteiger partial charge in [0.15, 0.2) is 5.58 Å². The van der Waals surface area contributed by atoms with E-state index in [1.54, 1.807) is 0 Å². The lowest BCUT2D eigenvalue weighted by Crippen LogP contribution is -2.36. The maximum Gasteiger partial charge on any atom is 0.176 e. The third kappa shape index (κ3) is 3.29. The number of fused-ring (bicyclic) bond motifs is 2. The number of nitrogens with zero attached hydrogens (tertiary/aromatic N) is 2. The minimum atomic E-state index is 0.758. The molecule has 5 aromatic rings. The number of anilines is 3. The van der Waals surface area contributed by atoms with Gasteiger partial charge in [-0.1, -0.05) is 0 Å². The number of aromatic amines is 1. The predicted molar refractivity (Wildman–Crippen MR) is 129 cm³/mol. The van der Waals surface area contributed by atoms with Crippen LogP contribution < -0.4 is 10.2 Å². The largest absolute Gasteiger partial charge is 0.452 e. The highest BCUT2D eigenvalue weighted by molar-refractivity contribution is 5.94. The molecule has 3 aromatic heterocycles. The monoisotopic (exact) mass is 424 g/mol. The molecule has 0 unspecified atom stereocenters. The summed E-state index contributed by atoms with van der Waals surface area (Å²) >= 11 is 0. The maximum atomic E-state index is 6.29. The van der Waals surface area contributed by atoms with Gasteiger partial charge in [0.25, 0.3) is 0 Å². The van der Waals surface area contributed by atoms with Gasteiger partial charge in [-0.25, -0.2) is 0 Å². The van der Waals surface area contributed by atoms with Crippen molar-refractivity contribution in [1.82, 2.24) is 9.97 Å². The van der Waals surface area contributed by atoms with Crippen LogP contribution in [0.5, 0.6) is 0 Å². The quantitative estimate of drug-likeness (QED) is 0.378. The van der Waals surface area contributed by atoms with Crippen LogP contribution >= 0.6 is 0 Å². The first kappa shape index (κ1) is 19.0. The maximum absolute atomic E-state index is 6.29. The molecular weight excluding hydrogens is 400 g/mol. The van der Waals surface area contributed by atoms with E-state index in [9.17, 15) is 0 Å². The number of nitrogens with one attached hydrogen (secondary N) is 2. The molecule has 0 spiro atoms. The summed E-state index contributed by atoms with van der Waals surface area (Å²) in [5, 5.41) is 4.76. The number of aromatic nitrogens is 2. The molecule has 6 rings (SSSR count). The molecule has 1 saturated heterocycles. The molecule has 4 heterocycles. The smallest absolute Gasteiger partial charge is 0.176 e. The van der Waals surface area contributed by atoms with Crippen LogP contribution in [-0.4, -0.2) is 36.3 Å². The van der Waals surface area contributed by atoms with Crippen LogP contribution in [0.2, 0.25) is 0 Å². The number of pyridine rings is 1. The van der Waals surface area contributed by atoms with E-state index in [0.29, 0.717) is 0 Å². The van der Waals surface area contributed by atoms with Crippen molar-refractivity contribution in [3.8, 4) is 11.3 Å². The second-order valence-electron chi connectivity index (χ2n) is 8.13. The van der Waals surface area contributed by atoms with Crippen molar-refractivity contribution in [2.75, 3.05) is 36.5 Å². The normalized spacial score (nSPS) is 14.3. The summed E-state index contributed by atoms with van der Waals surface area (Å²) in [5.74, 6) is 0.813. The summed E-state index contributed by atoms with van der Waals surface area (Å²) in [4.78, 5) is 10.1. The first-order valence-corrected chi connectivity index (χ1v) is 10.9. The molecule has 1 aliphatic rings. The van der Waals surface area contributed by atoms with Gasteiger partial charge in [0.2, 0.25) is 0 Å². The van der Waals surface area contributed by atoms with Gasteiger partial charge in [-0.2, -0.15) is 0 Å². The van der Waals surface area contributed by atoms with E-state index in [1.165, 1.54) is 16.6 Å². The highest BCUT2D eigenvalue weighted by Gasteiger charge is 2.15. The number of hydrogen-bond acceptors (Lipinski definition) is 5. The predicted octanol–water partition coefficient (Wildman–Crippen LogP) is 5.86. The standard InChI is InChI=1S/C26H24N4O2/c1-17-20-8-10-27-22(20)7-6-21(17)29-23-9-11-28-24-16-25(32-26(23)24)18-2-4-19(5-3-18)30-12-14-31-15-13-30/h2-11,16,27H,12-15H2,1H3,(H,28,29). The number of H-pyrrole nitrogens is 1. The summed E-state index contributed by atoms with van der Waals surface area (Å²) < 4.78 is 11.7. The molecule has 1 aliphatic heterocycles. The van der Waals surface area contributed by atoms with Gasteiger partial charge in [0, 0.05) is 59.4 Å². The van der Waals surface area contributed by atoms with E-state index in [0.717, 1.165) is 65.6 Å². The van der Waals surface area contributed by atoms with Crippen molar-refractivity contribution in [3.05, 3.63) is 72.6 Å².